The summed E-state index contributed by atoms with van der Waals surface area (Å²) in [6, 6.07) is 17.4. The minimum Gasteiger partial charge on any atom is -0.341 e. The summed E-state index contributed by atoms with van der Waals surface area (Å²) in [4.78, 5) is 16.9. The number of benzene rings is 2. The molecule has 0 bridgehead atoms. The lowest BCUT2D eigenvalue weighted by Crippen LogP contribution is -2.01. The van der Waals surface area contributed by atoms with Crippen molar-refractivity contribution >= 4 is 27.6 Å². The third kappa shape index (κ3) is 2.13. The molecule has 0 aliphatic heterocycles. The van der Waals surface area contributed by atoms with Gasteiger partial charge >= 0.3 is 0 Å². The zero-order chi connectivity index (χ0) is 15.8. The molecule has 0 saturated heterocycles. The minimum atomic E-state index is 0.0498. The zero-order valence-electron chi connectivity index (χ0n) is 12.9. The first-order valence-electron chi connectivity index (χ1n) is 7.75. The van der Waals surface area contributed by atoms with Crippen molar-refractivity contribution in [1.29, 1.82) is 0 Å². The van der Waals surface area contributed by atoms with Crippen LogP contribution in [0.1, 0.15) is 22.8 Å². The highest BCUT2D eigenvalue weighted by atomic mass is 16.1. The largest absolute Gasteiger partial charge is 0.341 e. The molecule has 0 unspecified atom stereocenters. The van der Waals surface area contributed by atoms with E-state index in [1.54, 1.807) is 0 Å². The van der Waals surface area contributed by atoms with Crippen LogP contribution in [0.25, 0.3) is 21.8 Å². The van der Waals surface area contributed by atoms with Crippen molar-refractivity contribution in [2.24, 2.45) is 0 Å². The molecule has 23 heavy (non-hydrogen) atoms. The van der Waals surface area contributed by atoms with Gasteiger partial charge in [0.15, 0.2) is 5.78 Å². The quantitative estimate of drug-likeness (QED) is 0.524. The summed E-state index contributed by atoms with van der Waals surface area (Å²) in [5.41, 5.74) is 3.72. The molecule has 2 aromatic heterocycles. The molecule has 0 saturated carbocycles. The van der Waals surface area contributed by atoms with Crippen LogP contribution in [0.5, 0.6) is 0 Å². The summed E-state index contributed by atoms with van der Waals surface area (Å²) in [6.45, 7) is 3.01. The van der Waals surface area contributed by atoms with Gasteiger partial charge in [-0.3, -0.25) is 9.78 Å². The summed E-state index contributed by atoms with van der Waals surface area (Å²) >= 11 is 0. The van der Waals surface area contributed by atoms with Crippen LogP contribution in [-0.2, 0) is 6.54 Å². The molecule has 0 atom stereocenters. The van der Waals surface area contributed by atoms with E-state index in [0.717, 1.165) is 28.4 Å². The highest BCUT2D eigenvalue weighted by Gasteiger charge is 2.14. The number of ketones is 1. The predicted molar refractivity (Wildman–Crippen MR) is 92.8 cm³/mol. The third-order valence-corrected chi connectivity index (χ3v) is 4.28. The zero-order valence-corrected chi connectivity index (χ0v) is 12.9. The van der Waals surface area contributed by atoms with E-state index in [1.165, 1.54) is 0 Å². The minimum absolute atomic E-state index is 0.0498. The van der Waals surface area contributed by atoms with Crippen molar-refractivity contribution in [2.45, 2.75) is 13.5 Å². The van der Waals surface area contributed by atoms with E-state index in [1.807, 2.05) is 67.0 Å². The Morgan fingerprint density at radius 2 is 1.74 bits per heavy atom. The van der Waals surface area contributed by atoms with Gasteiger partial charge in [-0.1, -0.05) is 30.3 Å². The van der Waals surface area contributed by atoms with Gasteiger partial charge in [0.25, 0.3) is 0 Å². The van der Waals surface area contributed by atoms with Crippen LogP contribution in [0.3, 0.4) is 0 Å². The molecule has 4 aromatic rings. The first kappa shape index (κ1) is 13.7. The molecule has 2 aromatic carbocycles. The van der Waals surface area contributed by atoms with E-state index < -0.39 is 0 Å². The standard InChI is InChI=1S/C20H16N2O/c1-2-22-18-9-8-15(20(23)14-6-4-3-5-7-14)12-16(18)17-13-21-11-10-19(17)22/h3-13H,2H2,1H3. The van der Waals surface area contributed by atoms with Gasteiger partial charge in [-0.2, -0.15) is 0 Å². The number of aryl methyl sites for hydroxylation is 1. The molecule has 3 heteroatoms. The van der Waals surface area contributed by atoms with E-state index in [-0.39, 0.29) is 5.78 Å². The topological polar surface area (TPSA) is 34.9 Å². The molecule has 0 N–H and O–H groups in total. The van der Waals surface area contributed by atoms with Gasteiger partial charge in [0.1, 0.15) is 0 Å². The normalized spacial score (nSPS) is 11.2. The van der Waals surface area contributed by atoms with Crippen LogP contribution in [0, 0.1) is 0 Å². The van der Waals surface area contributed by atoms with E-state index in [4.69, 9.17) is 0 Å². The number of nitrogens with zero attached hydrogens (tertiary/aromatic N) is 2. The average Bonchev–Trinajstić information content (AvgIpc) is 2.95. The monoisotopic (exact) mass is 300 g/mol. The second kappa shape index (κ2) is 5.36. The van der Waals surface area contributed by atoms with E-state index in [2.05, 4.69) is 16.5 Å². The number of aromatic nitrogens is 2. The van der Waals surface area contributed by atoms with E-state index in [9.17, 15) is 4.79 Å². The van der Waals surface area contributed by atoms with Gasteiger partial charge in [-0.25, -0.2) is 0 Å². The van der Waals surface area contributed by atoms with Crippen LogP contribution < -0.4 is 0 Å². The molecule has 0 spiro atoms. The maximum absolute atomic E-state index is 12.7. The Bertz CT molecular complexity index is 1020. The van der Waals surface area contributed by atoms with Crippen molar-refractivity contribution in [2.75, 3.05) is 0 Å². The van der Waals surface area contributed by atoms with Crippen molar-refractivity contribution in [3.63, 3.8) is 0 Å². The van der Waals surface area contributed by atoms with E-state index in [0.29, 0.717) is 11.1 Å². The Hall–Kier alpha value is -2.94. The molecule has 2 heterocycles. The summed E-state index contributed by atoms with van der Waals surface area (Å²) in [6.07, 6.45) is 3.68. The Morgan fingerprint density at radius 3 is 2.52 bits per heavy atom. The fourth-order valence-corrected chi connectivity index (χ4v) is 3.19. The van der Waals surface area contributed by atoms with Crippen LogP contribution >= 0.6 is 0 Å². The molecule has 0 fully saturated rings. The van der Waals surface area contributed by atoms with Gasteiger partial charge in [0, 0.05) is 46.4 Å². The summed E-state index contributed by atoms with van der Waals surface area (Å²) in [7, 11) is 0. The molecular formula is C20H16N2O. The molecule has 0 radical (unpaired) electrons. The SMILES string of the molecule is CCn1c2ccncc2c2cc(C(=O)c3ccccc3)ccc21. The number of carbonyl (C=O) groups is 1. The Labute approximate surface area is 134 Å². The Kier molecular flexibility index (Phi) is 3.19. The van der Waals surface area contributed by atoms with Gasteiger partial charge < -0.3 is 4.57 Å². The number of rotatable bonds is 3. The number of hydrogen-bond donors (Lipinski definition) is 0. The summed E-state index contributed by atoms with van der Waals surface area (Å²) in [5.74, 6) is 0.0498. The van der Waals surface area contributed by atoms with Crippen LogP contribution in [-0.4, -0.2) is 15.3 Å². The number of pyridine rings is 1. The summed E-state index contributed by atoms with van der Waals surface area (Å²) in [5, 5.41) is 2.17. The number of carbonyl (C=O) groups excluding carboxylic acids is 1. The van der Waals surface area contributed by atoms with Crippen molar-refractivity contribution in [1.82, 2.24) is 9.55 Å². The van der Waals surface area contributed by atoms with Crippen molar-refractivity contribution in [3.05, 3.63) is 78.1 Å². The average molecular weight is 300 g/mol. The molecule has 0 aliphatic rings. The van der Waals surface area contributed by atoms with Gasteiger partial charge in [-0.15, -0.1) is 0 Å². The highest BCUT2D eigenvalue weighted by Crippen LogP contribution is 2.29. The van der Waals surface area contributed by atoms with Crippen molar-refractivity contribution in [3.8, 4) is 0 Å². The maximum atomic E-state index is 12.7. The molecule has 0 aliphatic carbocycles. The summed E-state index contributed by atoms with van der Waals surface area (Å²) < 4.78 is 2.25. The molecule has 3 nitrogen and oxygen atoms in total. The number of fused-ring (bicyclic) bond motifs is 3. The van der Waals surface area contributed by atoms with Gasteiger partial charge in [0.05, 0.1) is 5.52 Å². The fourth-order valence-electron chi connectivity index (χ4n) is 3.19. The lowest BCUT2D eigenvalue weighted by Gasteiger charge is -2.04. The second-order valence-corrected chi connectivity index (χ2v) is 5.56. The highest BCUT2D eigenvalue weighted by molar-refractivity contribution is 6.14. The first-order valence-corrected chi connectivity index (χ1v) is 7.75. The molecule has 4 rings (SSSR count). The molecule has 0 amide bonds. The van der Waals surface area contributed by atoms with Crippen LogP contribution in [0.2, 0.25) is 0 Å². The molecular weight excluding hydrogens is 284 g/mol. The van der Waals surface area contributed by atoms with Gasteiger partial charge in [-0.05, 0) is 31.2 Å². The Morgan fingerprint density at radius 1 is 0.957 bits per heavy atom. The first-order chi connectivity index (χ1) is 11.3. The van der Waals surface area contributed by atoms with Gasteiger partial charge in [0.2, 0.25) is 0 Å². The van der Waals surface area contributed by atoms with Crippen molar-refractivity contribution < 1.29 is 4.79 Å². The maximum Gasteiger partial charge on any atom is 0.193 e. The Balaban J connectivity index is 1.95. The lowest BCUT2D eigenvalue weighted by atomic mass is 10.0. The third-order valence-electron chi connectivity index (χ3n) is 4.28. The van der Waals surface area contributed by atoms with E-state index >= 15 is 0 Å². The predicted octanol–water partition coefficient (Wildman–Crippen LogP) is 4.44. The fraction of sp³-hybridized carbons (Fsp3) is 0.100. The smallest absolute Gasteiger partial charge is 0.193 e. The van der Waals surface area contributed by atoms with Crippen LogP contribution in [0.4, 0.5) is 0 Å². The van der Waals surface area contributed by atoms with Crippen LogP contribution in [0.15, 0.2) is 67.0 Å². The lowest BCUT2D eigenvalue weighted by molar-refractivity contribution is 0.103. The number of hydrogen-bond acceptors (Lipinski definition) is 2. The second-order valence-electron chi connectivity index (χ2n) is 5.56. The molecule has 112 valence electrons.